The number of carbonyl (C=O) groups is 1. The number of rotatable bonds is 6. The maximum absolute atomic E-state index is 13.0. The first-order valence-corrected chi connectivity index (χ1v) is 11.2. The smallest absolute Gasteiger partial charge is 0.256 e. The van der Waals surface area contributed by atoms with Crippen LogP contribution in [0.1, 0.15) is 38.4 Å². The fraction of sp³-hybridized carbons (Fsp3) is 0.455. The van der Waals surface area contributed by atoms with Gasteiger partial charge in [0, 0.05) is 42.4 Å². The lowest BCUT2D eigenvalue weighted by atomic mass is 9.91. The van der Waals surface area contributed by atoms with Crippen molar-refractivity contribution in [2.75, 3.05) is 5.32 Å². The molecule has 4 aromatic rings. The average molecular weight is 470 g/mol. The molecule has 3 N–H and O–H groups in total. The van der Waals surface area contributed by atoms with Gasteiger partial charge in [0.25, 0.3) is 6.43 Å². The van der Waals surface area contributed by atoms with Crippen molar-refractivity contribution < 1.29 is 13.6 Å². The second-order valence-electron chi connectivity index (χ2n) is 8.61. The highest BCUT2D eigenvalue weighted by Gasteiger charge is 2.22. The Balaban J connectivity index is 1.36. The minimum atomic E-state index is -2.52. The maximum atomic E-state index is 13.0. The number of halogens is 2. The van der Waals surface area contributed by atoms with E-state index in [2.05, 4.69) is 40.5 Å². The second kappa shape index (κ2) is 8.92. The maximum Gasteiger partial charge on any atom is 0.256 e. The van der Waals surface area contributed by atoms with Crippen LogP contribution in [-0.2, 0) is 11.3 Å². The molecular formula is C22H25F2N9O. The van der Waals surface area contributed by atoms with Crippen LogP contribution in [0.5, 0.6) is 0 Å². The fourth-order valence-electron chi connectivity index (χ4n) is 4.53. The van der Waals surface area contributed by atoms with Gasteiger partial charge in [0.1, 0.15) is 11.5 Å². The van der Waals surface area contributed by atoms with Crippen LogP contribution in [0.25, 0.3) is 33.6 Å². The number of hydrogen-bond donors (Lipinski definition) is 3. The minimum Gasteiger partial charge on any atom is -0.354 e. The van der Waals surface area contributed by atoms with E-state index in [0.29, 0.717) is 34.4 Å². The van der Waals surface area contributed by atoms with Gasteiger partial charge in [0.05, 0.1) is 18.4 Å². The van der Waals surface area contributed by atoms with E-state index in [4.69, 9.17) is 0 Å². The van der Waals surface area contributed by atoms with E-state index in [-0.39, 0.29) is 18.0 Å². The Bertz CT molecular complexity index is 1340. The summed E-state index contributed by atoms with van der Waals surface area (Å²) in [7, 11) is 0. The molecule has 4 heterocycles. The topological polar surface area (TPSA) is 126 Å². The third-order valence-corrected chi connectivity index (χ3v) is 6.15. The van der Waals surface area contributed by atoms with Gasteiger partial charge in [-0.3, -0.25) is 4.79 Å². The van der Waals surface area contributed by atoms with E-state index in [0.717, 1.165) is 36.6 Å². The van der Waals surface area contributed by atoms with Crippen LogP contribution in [0.2, 0.25) is 0 Å². The number of carbonyl (C=O) groups excluding carboxylic acids is 1. The Hall–Kier alpha value is -3.70. The first-order chi connectivity index (χ1) is 16.4. The normalized spacial score (nSPS) is 18.6. The number of aromatic nitrogens is 7. The molecule has 34 heavy (non-hydrogen) atoms. The summed E-state index contributed by atoms with van der Waals surface area (Å²) in [4.78, 5) is 36.6. The number of fused-ring (bicyclic) bond motifs is 2. The number of H-pyrrole nitrogens is 1. The average Bonchev–Trinajstić information content (AvgIpc) is 3.34. The summed E-state index contributed by atoms with van der Waals surface area (Å²) in [5, 5.41) is 7.11. The predicted octanol–water partition coefficient (Wildman–Crippen LogP) is 3.20. The summed E-state index contributed by atoms with van der Waals surface area (Å²) in [5.74, 6) is 0.970. The van der Waals surface area contributed by atoms with Crippen molar-refractivity contribution in [2.24, 2.45) is 0 Å². The van der Waals surface area contributed by atoms with Crippen molar-refractivity contribution in [1.29, 1.82) is 0 Å². The van der Waals surface area contributed by atoms with Gasteiger partial charge in [-0.2, -0.15) is 4.98 Å². The molecule has 12 heteroatoms. The van der Waals surface area contributed by atoms with Crippen LogP contribution in [0.3, 0.4) is 0 Å². The number of hydrogen-bond acceptors (Lipinski definition) is 7. The van der Waals surface area contributed by atoms with Crippen LogP contribution < -0.4 is 10.6 Å². The molecule has 0 aliphatic heterocycles. The number of imidazole rings is 1. The summed E-state index contributed by atoms with van der Waals surface area (Å²) in [6, 6.07) is 0.465. The summed E-state index contributed by atoms with van der Waals surface area (Å²) in [6.45, 7) is 2.71. The molecule has 0 unspecified atom stereocenters. The number of nitrogens with one attached hydrogen (secondary N) is 3. The Morgan fingerprint density at radius 3 is 2.65 bits per heavy atom. The molecule has 5 rings (SSSR count). The van der Waals surface area contributed by atoms with Crippen LogP contribution in [0.4, 0.5) is 14.7 Å². The number of nitrogens with zero attached hydrogens (tertiary/aromatic N) is 6. The predicted molar refractivity (Wildman–Crippen MR) is 122 cm³/mol. The Kier molecular flexibility index (Phi) is 5.80. The van der Waals surface area contributed by atoms with E-state index < -0.39 is 13.0 Å². The van der Waals surface area contributed by atoms with Gasteiger partial charge in [-0.1, -0.05) is 0 Å². The molecule has 10 nitrogen and oxygen atoms in total. The molecule has 0 aromatic carbocycles. The highest BCUT2D eigenvalue weighted by atomic mass is 19.3. The first kappa shape index (κ1) is 22.1. The van der Waals surface area contributed by atoms with Gasteiger partial charge >= 0.3 is 0 Å². The molecule has 1 fully saturated rings. The van der Waals surface area contributed by atoms with E-state index in [1.165, 1.54) is 4.57 Å². The van der Waals surface area contributed by atoms with Crippen molar-refractivity contribution in [1.82, 2.24) is 39.8 Å². The third kappa shape index (κ3) is 4.39. The van der Waals surface area contributed by atoms with Gasteiger partial charge in [0.15, 0.2) is 11.3 Å². The Morgan fingerprint density at radius 2 is 1.91 bits per heavy atom. The summed E-state index contributed by atoms with van der Waals surface area (Å²) in [6.07, 6.45) is 6.20. The first-order valence-electron chi connectivity index (χ1n) is 11.2. The molecular weight excluding hydrogens is 444 g/mol. The number of aryl methyl sites for hydroxylation is 1. The Labute approximate surface area is 193 Å². The lowest BCUT2D eigenvalue weighted by molar-refractivity contribution is -0.119. The molecule has 178 valence electrons. The van der Waals surface area contributed by atoms with Crippen molar-refractivity contribution in [2.45, 2.75) is 64.6 Å². The van der Waals surface area contributed by atoms with Crippen LogP contribution in [0.15, 0.2) is 18.6 Å². The van der Waals surface area contributed by atoms with Crippen LogP contribution in [-0.4, -0.2) is 58.9 Å². The molecule has 1 aliphatic rings. The quantitative estimate of drug-likeness (QED) is 0.396. The standard InChI is InChI=1S/C22H25F2N9O/c1-11-28-20-21(33(11)10-18(23)24)31-17(9-26-20)15-7-25-19-16(15)8-27-22(32-19)30-14-5-3-13(4-6-14)29-12(2)34/h7-9,13-14,18H,3-6,10H2,1-2H3,(H,29,34)(H2,25,27,30,32)/t13-,14-. The molecule has 0 bridgehead atoms. The lowest BCUT2D eigenvalue weighted by Gasteiger charge is -2.29. The minimum absolute atomic E-state index is 0.00481. The summed E-state index contributed by atoms with van der Waals surface area (Å²) >= 11 is 0. The number of anilines is 1. The molecule has 1 saturated carbocycles. The van der Waals surface area contributed by atoms with Gasteiger partial charge in [0.2, 0.25) is 11.9 Å². The molecule has 0 radical (unpaired) electrons. The molecule has 1 aliphatic carbocycles. The van der Waals surface area contributed by atoms with Crippen LogP contribution in [0, 0.1) is 6.92 Å². The molecule has 1 amide bonds. The Morgan fingerprint density at radius 1 is 1.15 bits per heavy atom. The largest absolute Gasteiger partial charge is 0.354 e. The summed E-state index contributed by atoms with van der Waals surface area (Å²) in [5.41, 5.74) is 2.54. The molecule has 0 saturated heterocycles. The van der Waals surface area contributed by atoms with Crippen molar-refractivity contribution in [3.63, 3.8) is 0 Å². The third-order valence-electron chi connectivity index (χ3n) is 6.15. The van der Waals surface area contributed by atoms with E-state index in [9.17, 15) is 13.6 Å². The molecule has 0 spiro atoms. The van der Waals surface area contributed by atoms with Gasteiger partial charge in [-0.05, 0) is 32.6 Å². The number of amides is 1. The van der Waals surface area contributed by atoms with Gasteiger partial charge < -0.3 is 20.2 Å². The van der Waals surface area contributed by atoms with Gasteiger partial charge in [-0.25, -0.2) is 28.7 Å². The monoisotopic (exact) mass is 469 g/mol. The fourth-order valence-corrected chi connectivity index (χ4v) is 4.53. The SMILES string of the molecule is CC(=O)N[C@H]1CC[C@H](Nc2ncc3c(-c4cnc5nc(C)n(CC(F)F)c5n4)c[nH]c3n2)CC1. The number of alkyl halides is 2. The van der Waals surface area contributed by atoms with E-state index in [1.807, 2.05) is 0 Å². The summed E-state index contributed by atoms with van der Waals surface area (Å²) < 4.78 is 27.4. The highest BCUT2D eigenvalue weighted by molar-refractivity contribution is 5.93. The van der Waals surface area contributed by atoms with Gasteiger partial charge in [-0.15, -0.1) is 0 Å². The lowest BCUT2D eigenvalue weighted by Crippen LogP contribution is -2.39. The molecule has 0 atom stereocenters. The van der Waals surface area contributed by atoms with E-state index >= 15 is 0 Å². The second-order valence-corrected chi connectivity index (χ2v) is 8.61. The van der Waals surface area contributed by atoms with Crippen LogP contribution >= 0.6 is 0 Å². The van der Waals surface area contributed by atoms with E-state index in [1.54, 1.807) is 32.4 Å². The van der Waals surface area contributed by atoms with Crippen molar-refractivity contribution in [3.8, 4) is 11.3 Å². The highest BCUT2D eigenvalue weighted by Crippen LogP contribution is 2.28. The number of aromatic amines is 1. The van der Waals surface area contributed by atoms with Crippen molar-refractivity contribution >= 4 is 34.2 Å². The van der Waals surface area contributed by atoms with Crippen molar-refractivity contribution in [3.05, 3.63) is 24.4 Å². The zero-order valence-electron chi connectivity index (χ0n) is 18.8. The zero-order chi connectivity index (χ0) is 23.8. The zero-order valence-corrected chi connectivity index (χ0v) is 18.8. The molecule has 4 aromatic heterocycles.